The maximum atomic E-state index is 13.1. The zero-order valence-electron chi connectivity index (χ0n) is 20.5. The van der Waals surface area contributed by atoms with E-state index < -0.39 is 0 Å². The zero-order valence-corrected chi connectivity index (χ0v) is 22.0. The first-order valence-electron chi connectivity index (χ1n) is 13.4. The van der Waals surface area contributed by atoms with Crippen molar-refractivity contribution in [1.29, 1.82) is 0 Å². The van der Waals surface area contributed by atoms with E-state index in [2.05, 4.69) is 10.2 Å². The van der Waals surface area contributed by atoms with Crippen molar-refractivity contribution in [2.75, 3.05) is 19.6 Å². The smallest absolute Gasteiger partial charge is 0.254 e. The summed E-state index contributed by atoms with van der Waals surface area (Å²) in [6.45, 7) is 2.53. The molecule has 2 aromatic rings. The zero-order chi connectivity index (χ0) is 24.8. The van der Waals surface area contributed by atoms with Crippen LogP contribution in [0.1, 0.15) is 60.9 Å². The van der Waals surface area contributed by atoms with Crippen LogP contribution in [-0.4, -0.2) is 59.4 Å². The summed E-state index contributed by atoms with van der Waals surface area (Å²) in [6, 6.07) is 12.7. The first-order chi connectivity index (χ1) is 17.5. The molecule has 1 N–H and O–H groups in total. The van der Waals surface area contributed by atoms with Gasteiger partial charge in [0.1, 0.15) is 0 Å². The topological polar surface area (TPSA) is 52.7 Å². The first kappa shape index (κ1) is 24.3. The van der Waals surface area contributed by atoms with Crippen LogP contribution in [-0.2, 0) is 11.2 Å². The second-order valence-corrected chi connectivity index (χ2v) is 11.8. The fourth-order valence-electron chi connectivity index (χ4n) is 6.70. The number of hydrogen-bond acceptors (Lipinski definition) is 3. The van der Waals surface area contributed by atoms with Gasteiger partial charge in [0.05, 0.1) is 0 Å². The van der Waals surface area contributed by atoms with Crippen molar-refractivity contribution in [2.45, 2.75) is 69.5 Å². The number of fused-ring (bicyclic) bond motifs is 2. The average Bonchev–Trinajstić information content (AvgIpc) is 3.63. The number of halogens is 2. The van der Waals surface area contributed by atoms with Gasteiger partial charge >= 0.3 is 0 Å². The lowest BCUT2D eigenvalue weighted by atomic mass is 9.93. The normalized spacial score (nSPS) is 26.3. The molecule has 2 amide bonds. The Morgan fingerprint density at radius 1 is 0.944 bits per heavy atom. The van der Waals surface area contributed by atoms with Crippen molar-refractivity contribution in [3.8, 4) is 11.1 Å². The number of rotatable bonds is 5. The molecule has 2 aromatic carbocycles. The van der Waals surface area contributed by atoms with Crippen molar-refractivity contribution in [1.82, 2.24) is 15.1 Å². The van der Waals surface area contributed by atoms with Crippen molar-refractivity contribution < 1.29 is 9.59 Å². The van der Waals surface area contributed by atoms with Crippen LogP contribution in [0.25, 0.3) is 11.1 Å². The van der Waals surface area contributed by atoms with Crippen LogP contribution in [0.3, 0.4) is 0 Å². The van der Waals surface area contributed by atoms with Gasteiger partial charge in [-0.3, -0.25) is 9.59 Å². The monoisotopic (exact) mass is 525 g/mol. The molecule has 4 fully saturated rings. The predicted octanol–water partition coefficient (Wildman–Crippen LogP) is 5.57. The summed E-state index contributed by atoms with van der Waals surface area (Å²) < 4.78 is 0. The quantitative estimate of drug-likeness (QED) is 0.554. The standard InChI is InChI=1S/C29H33Cl2N3O2/c30-26-13-21(18-6-8-19(9-7-18)28(35)34-17-22-15-24(34)16-32-22)14-27(31)25(26)12-20-10-11-33(29(20)36)23-4-2-1-3-5-23/h6-9,13-14,20,22-24,32H,1-5,10-12,15-17H2/t20?,22-,24-/m0/s1. The van der Waals surface area contributed by atoms with Gasteiger partial charge in [0.15, 0.2) is 0 Å². The highest BCUT2D eigenvalue weighted by Crippen LogP contribution is 2.37. The van der Waals surface area contributed by atoms with E-state index in [4.69, 9.17) is 23.2 Å². The third-order valence-corrected chi connectivity index (χ3v) is 9.41. The summed E-state index contributed by atoms with van der Waals surface area (Å²) in [4.78, 5) is 30.2. The lowest BCUT2D eigenvalue weighted by Gasteiger charge is -2.31. The molecule has 5 nitrogen and oxygen atoms in total. The minimum absolute atomic E-state index is 0.0471. The lowest BCUT2D eigenvalue weighted by molar-refractivity contribution is -0.133. The molecule has 36 heavy (non-hydrogen) atoms. The number of amides is 2. The van der Waals surface area contributed by atoms with Gasteiger partial charge in [-0.2, -0.15) is 0 Å². The van der Waals surface area contributed by atoms with Crippen LogP contribution in [0.15, 0.2) is 36.4 Å². The predicted molar refractivity (Wildman–Crippen MR) is 144 cm³/mol. The van der Waals surface area contributed by atoms with Crippen LogP contribution in [0.5, 0.6) is 0 Å². The lowest BCUT2D eigenvalue weighted by Crippen LogP contribution is -2.46. The van der Waals surface area contributed by atoms with Gasteiger partial charge in [0.25, 0.3) is 5.91 Å². The van der Waals surface area contributed by atoms with E-state index in [0.29, 0.717) is 40.2 Å². The van der Waals surface area contributed by atoms with E-state index in [1.165, 1.54) is 19.3 Å². The van der Waals surface area contributed by atoms with Crippen LogP contribution in [0.2, 0.25) is 10.0 Å². The number of nitrogens with one attached hydrogen (secondary N) is 1. The molecule has 7 heteroatoms. The maximum Gasteiger partial charge on any atom is 0.254 e. The van der Waals surface area contributed by atoms with E-state index in [9.17, 15) is 9.59 Å². The summed E-state index contributed by atoms with van der Waals surface area (Å²) in [7, 11) is 0. The molecule has 4 aliphatic rings. The number of likely N-dealkylation sites (tertiary alicyclic amines) is 2. The van der Waals surface area contributed by atoms with Crippen molar-refractivity contribution in [3.05, 3.63) is 57.6 Å². The second kappa shape index (κ2) is 10.00. The molecule has 3 heterocycles. The van der Waals surface area contributed by atoms with Crippen LogP contribution >= 0.6 is 23.2 Å². The van der Waals surface area contributed by atoms with Crippen molar-refractivity contribution >= 4 is 35.0 Å². The van der Waals surface area contributed by atoms with E-state index in [0.717, 1.165) is 62.0 Å². The van der Waals surface area contributed by atoms with Crippen LogP contribution in [0.4, 0.5) is 0 Å². The summed E-state index contributed by atoms with van der Waals surface area (Å²) >= 11 is 13.4. The Morgan fingerprint density at radius 2 is 1.67 bits per heavy atom. The molecule has 0 spiro atoms. The van der Waals surface area contributed by atoms with Gasteiger partial charge in [0, 0.05) is 59.3 Å². The number of hydrogen-bond donors (Lipinski definition) is 1. The molecule has 3 aliphatic heterocycles. The Morgan fingerprint density at radius 3 is 2.31 bits per heavy atom. The Hall–Kier alpha value is -2.08. The molecule has 0 radical (unpaired) electrons. The number of benzene rings is 2. The second-order valence-electron chi connectivity index (χ2n) is 11.0. The number of piperazine rings is 1. The third-order valence-electron chi connectivity index (χ3n) is 8.74. The summed E-state index contributed by atoms with van der Waals surface area (Å²) in [5.74, 6) is 0.319. The molecule has 3 atom stereocenters. The van der Waals surface area contributed by atoms with Crippen LogP contribution < -0.4 is 5.32 Å². The number of carbonyl (C=O) groups is 2. The summed E-state index contributed by atoms with van der Waals surface area (Å²) in [5, 5.41) is 4.64. The molecule has 3 saturated heterocycles. The average molecular weight is 527 g/mol. The van der Waals surface area contributed by atoms with Gasteiger partial charge in [-0.25, -0.2) is 0 Å². The minimum Gasteiger partial charge on any atom is -0.339 e. The molecule has 190 valence electrons. The van der Waals surface area contributed by atoms with Gasteiger partial charge in [-0.1, -0.05) is 54.6 Å². The van der Waals surface area contributed by atoms with Crippen LogP contribution in [0, 0.1) is 5.92 Å². The summed E-state index contributed by atoms with van der Waals surface area (Å²) in [6.07, 6.45) is 8.51. The Labute approximate surface area is 223 Å². The molecule has 1 unspecified atom stereocenters. The fraction of sp³-hybridized carbons (Fsp3) is 0.517. The van der Waals surface area contributed by atoms with E-state index in [-0.39, 0.29) is 17.7 Å². The van der Waals surface area contributed by atoms with Crippen molar-refractivity contribution in [2.24, 2.45) is 5.92 Å². The van der Waals surface area contributed by atoms with E-state index >= 15 is 0 Å². The molecule has 6 rings (SSSR count). The first-order valence-corrected chi connectivity index (χ1v) is 14.2. The summed E-state index contributed by atoms with van der Waals surface area (Å²) in [5.41, 5.74) is 3.45. The number of nitrogens with zero attached hydrogens (tertiary/aromatic N) is 2. The van der Waals surface area contributed by atoms with Gasteiger partial charge in [-0.05, 0) is 73.1 Å². The highest BCUT2D eigenvalue weighted by molar-refractivity contribution is 6.36. The Balaban J connectivity index is 1.14. The fourth-order valence-corrected chi connectivity index (χ4v) is 7.34. The molecule has 1 saturated carbocycles. The molecule has 2 bridgehead atoms. The van der Waals surface area contributed by atoms with Crippen molar-refractivity contribution in [3.63, 3.8) is 0 Å². The molecular formula is C29H33Cl2N3O2. The Bertz CT molecular complexity index is 1140. The maximum absolute atomic E-state index is 13.1. The SMILES string of the molecule is O=C1C(Cc2c(Cl)cc(-c3ccc(C(=O)N4C[C@@H]5C[C@H]4CN5)cc3)cc2Cl)CCN1C1CCCCC1. The highest BCUT2D eigenvalue weighted by Gasteiger charge is 2.40. The van der Waals surface area contributed by atoms with Gasteiger partial charge in [0.2, 0.25) is 5.91 Å². The van der Waals surface area contributed by atoms with E-state index in [1.54, 1.807) is 0 Å². The molecule has 1 aliphatic carbocycles. The molecular weight excluding hydrogens is 493 g/mol. The third kappa shape index (κ3) is 4.55. The Kier molecular flexibility index (Phi) is 6.74. The number of carbonyl (C=O) groups excluding carboxylic acids is 2. The molecule has 0 aromatic heterocycles. The van der Waals surface area contributed by atoms with E-state index in [1.807, 2.05) is 41.3 Å². The highest BCUT2D eigenvalue weighted by atomic mass is 35.5. The van der Waals surface area contributed by atoms with Gasteiger partial charge < -0.3 is 15.1 Å². The largest absolute Gasteiger partial charge is 0.339 e. The minimum atomic E-state index is -0.0471. The van der Waals surface area contributed by atoms with Gasteiger partial charge in [-0.15, -0.1) is 0 Å².